The van der Waals surface area contributed by atoms with Gasteiger partial charge in [-0.25, -0.2) is 0 Å². The van der Waals surface area contributed by atoms with Crippen molar-refractivity contribution in [3.8, 4) is 0 Å². The van der Waals surface area contributed by atoms with Crippen LogP contribution in [0.4, 0.5) is 5.69 Å². The van der Waals surface area contributed by atoms with Crippen LogP contribution in [0.1, 0.15) is 20.1 Å². The number of thiophene rings is 1. The topological polar surface area (TPSA) is 60.2 Å². The number of nitrogens with zero attached hydrogens (tertiary/aromatic N) is 1. The van der Waals surface area contributed by atoms with Crippen molar-refractivity contribution in [1.82, 2.24) is 0 Å². The molecule has 0 bridgehead atoms. The Balaban J connectivity index is 2.47. The van der Waals surface area contributed by atoms with E-state index >= 15 is 0 Å². The maximum absolute atomic E-state index is 12.2. The van der Waals surface area contributed by atoms with E-state index in [1.165, 1.54) is 29.5 Å². The monoisotopic (exact) mass is 281 g/mol. The molecule has 92 valence electrons. The van der Waals surface area contributed by atoms with Crippen molar-refractivity contribution in [2.45, 2.75) is 6.92 Å². The summed E-state index contributed by atoms with van der Waals surface area (Å²) >= 11 is 7.25. The fourth-order valence-corrected chi connectivity index (χ4v) is 2.52. The maximum atomic E-state index is 12.2. The molecule has 0 aliphatic rings. The number of benzene rings is 1. The Morgan fingerprint density at radius 3 is 2.61 bits per heavy atom. The van der Waals surface area contributed by atoms with Gasteiger partial charge in [-0.15, -0.1) is 11.3 Å². The van der Waals surface area contributed by atoms with Crippen LogP contribution in [-0.2, 0) is 0 Å². The quantitative estimate of drug-likeness (QED) is 0.488. The van der Waals surface area contributed by atoms with Gasteiger partial charge in [-0.3, -0.25) is 14.9 Å². The molecule has 0 N–H and O–H groups in total. The van der Waals surface area contributed by atoms with Gasteiger partial charge in [0.05, 0.1) is 14.8 Å². The zero-order valence-corrected chi connectivity index (χ0v) is 10.9. The molecular weight excluding hydrogens is 274 g/mol. The lowest BCUT2D eigenvalue weighted by molar-refractivity contribution is -0.384. The van der Waals surface area contributed by atoms with Crippen LogP contribution in [0.15, 0.2) is 30.3 Å². The minimum atomic E-state index is -0.549. The number of halogens is 1. The number of nitro benzene ring substituents is 1. The minimum absolute atomic E-state index is 0.143. The first-order chi connectivity index (χ1) is 8.49. The second-order valence-corrected chi connectivity index (χ2v) is 5.36. The number of nitro groups is 1. The fourth-order valence-electron chi connectivity index (χ4n) is 1.49. The number of hydrogen-bond donors (Lipinski definition) is 0. The fraction of sp³-hybridized carbons (Fsp3) is 0.0833. The Morgan fingerprint density at radius 2 is 2.06 bits per heavy atom. The third-order valence-electron chi connectivity index (χ3n) is 2.37. The summed E-state index contributed by atoms with van der Waals surface area (Å²) in [6.45, 7) is 1.89. The largest absolute Gasteiger partial charge is 0.288 e. The Labute approximate surface area is 112 Å². The third kappa shape index (κ3) is 2.42. The molecule has 4 nitrogen and oxygen atoms in total. The number of rotatable bonds is 3. The van der Waals surface area contributed by atoms with Gasteiger partial charge < -0.3 is 0 Å². The molecule has 6 heteroatoms. The molecule has 0 radical (unpaired) electrons. The predicted octanol–water partition coefficient (Wildman–Crippen LogP) is 3.85. The highest BCUT2D eigenvalue weighted by Gasteiger charge is 2.18. The van der Waals surface area contributed by atoms with Crippen LogP contribution < -0.4 is 0 Å². The van der Waals surface area contributed by atoms with Gasteiger partial charge in [-0.2, -0.15) is 0 Å². The summed E-state index contributed by atoms with van der Waals surface area (Å²) in [7, 11) is 0. The van der Waals surface area contributed by atoms with Crippen molar-refractivity contribution >= 4 is 34.4 Å². The van der Waals surface area contributed by atoms with Gasteiger partial charge in [-0.1, -0.05) is 11.6 Å². The normalized spacial score (nSPS) is 10.3. The minimum Gasteiger partial charge on any atom is -0.288 e. The van der Waals surface area contributed by atoms with Gasteiger partial charge in [0.2, 0.25) is 5.78 Å². The summed E-state index contributed by atoms with van der Waals surface area (Å²) in [6.07, 6.45) is 0. The van der Waals surface area contributed by atoms with Gasteiger partial charge in [0, 0.05) is 22.6 Å². The molecule has 0 aliphatic heterocycles. The third-order valence-corrected chi connectivity index (χ3v) is 3.70. The average Bonchev–Trinajstić information content (AvgIpc) is 2.75. The first-order valence-electron chi connectivity index (χ1n) is 5.04. The van der Waals surface area contributed by atoms with Crippen LogP contribution in [0.3, 0.4) is 0 Å². The molecule has 0 fully saturated rings. The lowest BCUT2D eigenvalue weighted by Gasteiger charge is -2.01. The van der Waals surface area contributed by atoms with Crippen molar-refractivity contribution in [2.24, 2.45) is 0 Å². The molecule has 2 aromatic rings. The average molecular weight is 282 g/mol. The van der Waals surface area contributed by atoms with E-state index in [2.05, 4.69) is 0 Å². The zero-order valence-electron chi connectivity index (χ0n) is 9.34. The highest BCUT2D eigenvalue weighted by atomic mass is 35.5. The van der Waals surface area contributed by atoms with E-state index in [9.17, 15) is 14.9 Å². The molecule has 0 atom stereocenters. The molecule has 0 amide bonds. The number of ketones is 1. The van der Waals surface area contributed by atoms with Crippen LogP contribution in [0, 0.1) is 17.0 Å². The van der Waals surface area contributed by atoms with Gasteiger partial charge in [0.15, 0.2) is 0 Å². The van der Waals surface area contributed by atoms with E-state index in [-0.39, 0.29) is 22.1 Å². The Bertz CT molecular complexity index is 636. The molecule has 2 rings (SSSR count). The Morgan fingerprint density at radius 1 is 1.33 bits per heavy atom. The van der Waals surface area contributed by atoms with E-state index in [4.69, 9.17) is 11.6 Å². The first kappa shape index (κ1) is 12.7. The zero-order chi connectivity index (χ0) is 13.3. The standard InChI is InChI=1S/C12H8ClNO3S/c1-7-2-5-11(18-7)12(15)9-6-8(14(16)17)3-4-10(9)13/h2-6H,1H3. The lowest BCUT2D eigenvalue weighted by atomic mass is 10.1. The summed E-state index contributed by atoms with van der Waals surface area (Å²) < 4.78 is 0. The van der Waals surface area contributed by atoms with E-state index in [1.54, 1.807) is 6.07 Å². The van der Waals surface area contributed by atoms with E-state index < -0.39 is 4.92 Å². The van der Waals surface area contributed by atoms with Crippen LogP contribution >= 0.6 is 22.9 Å². The molecular formula is C12H8ClNO3S. The molecule has 0 saturated carbocycles. The first-order valence-corrected chi connectivity index (χ1v) is 6.23. The number of carbonyl (C=O) groups is 1. The molecule has 1 heterocycles. The summed E-state index contributed by atoms with van der Waals surface area (Å²) in [6, 6.07) is 7.37. The summed E-state index contributed by atoms with van der Waals surface area (Å²) in [5, 5.41) is 10.9. The van der Waals surface area contributed by atoms with E-state index in [0.29, 0.717) is 4.88 Å². The van der Waals surface area contributed by atoms with E-state index in [1.807, 2.05) is 13.0 Å². The van der Waals surface area contributed by atoms with Crippen LogP contribution in [0.2, 0.25) is 5.02 Å². The number of aryl methyl sites for hydroxylation is 1. The van der Waals surface area contributed by atoms with Crippen molar-refractivity contribution in [1.29, 1.82) is 0 Å². The molecule has 0 spiro atoms. The van der Waals surface area contributed by atoms with Crippen molar-refractivity contribution < 1.29 is 9.72 Å². The lowest BCUT2D eigenvalue weighted by Crippen LogP contribution is -2.01. The van der Waals surface area contributed by atoms with Gasteiger partial charge >= 0.3 is 0 Å². The number of carbonyl (C=O) groups excluding carboxylic acids is 1. The summed E-state index contributed by atoms with van der Waals surface area (Å²) in [4.78, 5) is 23.8. The second kappa shape index (κ2) is 4.88. The molecule has 0 unspecified atom stereocenters. The van der Waals surface area contributed by atoms with Gasteiger partial charge in [0.1, 0.15) is 0 Å². The maximum Gasteiger partial charge on any atom is 0.270 e. The van der Waals surface area contributed by atoms with E-state index in [0.717, 1.165) is 4.88 Å². The van der Waals surface area contributed by atoms with Gasteiger partial charge in [-0.05, 0) is 25.1 Å². The van der Waals surface area contributed by atoms with Crippen molar-refractivity contribution in [3.63, 3.8) is 0 Å². The highest BCUT2D eigenvalue weighted by molar-refractivity contribution is 7.14. The molecule has 1 aromatic heterocycles. The second-order valence-electron chi connectivity index (χ2n) is 3.66. The summed E-state index contributed by atoms with van der Waals surface area (Å²) in [5.41, 5.74) is 0.0174. The SMILES string of the molecule is Cc1ccc(C(=O)c2cc([N+](=O)[O-])ccc2Cl)s1. The highest BCUT2D eigenvalue weighted by Crippen LogP contribution is 2.27. The van der Waals surface area contributed by atoms with Gasteiger partial charge in [0.25, 0.3) is 5.69 Å². The van der Waals surface area contributed by atoms with Crippen LogP contribution in [0.25, 0.3) is 0 Å². The number of hydrogen-bond acceptors (Lipinski definition) is 4. The molecule has 18 heavy (non-hydrogen) atoms. The molecule has 0 saturated heterocycles. The van der Waals surface area contributed by atoms with Crippen molar-refractivity contribution in [2.75, 3.05) is 0 Å². The summed E-state index contributed by atoms with van der Waals surface area (Å²) in [5.74, 6) is -0.290. The predicted molar refractivity (Wildman–Crippen MR) is 70.6 cm³/mol. The molecule has 0 aliphatic carbocycles. The van der Waals surface area contributed by atoms with Crippen molar-refractivity contribution in [3.05, 3.63) is 60.8 Å². The smallest absolute Gasteiger partial charge is 0.270 e. The van der Waals surface area contributed by atoms with Crippen LogP contribution in [-0.4, -0.2) is 10.7 Å². The Kier molecular flexibility index (Phi) is 3.45. The number of non-ortho nitro benzene ring substituents is 1. The molecule has 1 aromatic carbocycles. The van der Waals surface area contributed by atoms with Crippen LogP contribution in [0.5, 0.6) is 0 Å². The Hall–Kier alpha value is -1.72.